The number of benzene rings is 3. The highest BCUT2D eigenvalue weighted by Crippen LogP contribution is 2.32. The quantitative estimate of drug-likeness (QED) is 0.473. The number of aromatic nitrogens is 1. The molecule has 4 nitrogen and oxygen atoms in total. The Hall–Kier alpha value is -2.60. The number of nitrogens with zero attached hydrogens (tertiary/aromatic N) is 1. The van der Waals surface area contributed by atoms with Gasteiger partial charge in [-0.2, -0.15) is 0 Å². The topological polar surface area (TPSA) is 65.6 Å². The van der Waals surface area contributed by atoms with Gasteiger partial charge in [0.25, 0.3) is 0 Å². The van der Waals surface area contributed by atoms with Crippen LogP contribution in [0.1, 0.15) is 5.56 Å². The Morgan fingerprint density at radius 1 is 0.708 bits per heavy atom. The van der Waals surface area contributed by atoms with E-state index in [1.54, 1.807) is 0 Å². The molecular formula is C19H18BNO3. The van der Waals surface area contributed by atoms with E-state index >= 15 is 0 Å². The summed E-state index contributed by atoms with van der Waals surface area (Å²) in [5.41, 5.74) is 5.04. The highest BCUT2D eigenvalue weighted by Gasteiger charge is 2.11. The molecule has 0 amide bonds. The number of para-hydroxylation sites is 2. The van der Waals surface area contributed by atoms with E-state index in [0.29, 0.717) is 0 Å². The van der Waals surface area contributed by atoms with Crippen molar-refractivity contribution in [2.75, 3.05) is 0 Å². The highest BCUT2D eigenvalue weighted by molar-refractivity contribution is 6.30. The Morgan fingerprint density at radius 3 is 2.00 bits per heavy atom. The van der Waals surface area contributed by atoms with Gasteiger partial charge in [0.2, 0.25) is 0 Å². The first-order valence-corrected chi connectivity index (χ1v) is 7.67. The molecule has 0 aliphatic heterocycles. The fourth-order valence-electron chi connectivity index (χ4n) is 2.94. The molecule has 4 aromatic rings. The monoisotopic (exact) mass is 319 g/mol. The number of hydrogen-bond acceptors (Lipinski definition) is 3. The van der Waals surface area contributed by atoms with Crippen LogP contribution in [0.15, 0.2) is 72.8 Å². The van der Waals surface area contributed by atoms with Crippen molar-refractivity contribution < 1.29 is 15.1 Å². The second-order valence-corrected chi connectivity index (χ2v) is 5.56. The maximum absolute atomic E-state index is 7.17. The van der Waals surface area contributed by atoms with Crippen LogP contribution >= 0.6 is 0 Å². The van der Waals surface area contributed by atoms with Crippen molar-refractivity contribution in [2.24, 2.45) is 0 Å². The Labute approximate surface area is 140 Å². The fraction of sp³-hybridized carbons (Fsp3) is 0.0526. The molecule has 0 fully saturated rings. The van der Waals surface area contributed by atoms with Gasteiger partial charge in [0.05, 0.1) is 11.0 Å². The molecule has 1 aromatic heterocycles. The number of fused-ring (bicyclic) bond motifs is 3. The van der Waals surface area contributed by atoms with E-state index in [4.69, 9.17) is 15.1 Å². The van der Waals surface area contributed by atoms with Gasteiger partial charge in [-0.05, 0) is 36.8 Å². The third-order valence-electron chi connectivity index (χ3n) is 3.84. The van der Waals surface area contributed by atoms with E-state index in [1.807, 2.05) is 0 Å². The molecule has 0 aliphatic carbocycles. The lowest BCUT2D eigenvalue weighted by molar-refractivity contribution is 0.278. The van der Waals surface area contributed by atoms with Gasteiger partial charge in [-0.25, -0.2) is 0 Å². The van der Waals surface area contributed by atoms with Crippen LogP contribution in [0.5, 0.6) is 0 Å². The zero-order chi connectivity index (χ0) is 17.1. The molecule has 120 valence electrons. The van der Waals surface area contributed by atoms with Gasteiger partial charge in [0.15, 0.2) is 0 Å². The van der Waals surface area contributed by atoms with E-state index < -0.39 is 7.32 Å². The maximum Gasteiger partial charge on any atom is 0.631 e. The maximum atomic E-state index is 7.17. The fourth-order valence-corrected chi connectivity index (χ4v) is 2.94. The molecule has 3 aromatic carbocycles. The second-order valence-electron chi connectivity index (χ2n) is 5.56. The molecule has 0 spiro atoms. The first-order chi connectivity index (χ1) is 11.6. The molecule has 0 saturated carbocycles. The van der Waals surface area contributed by atoms with Crippen molar-refractivity contribution in [3.05, 3.63) is 78.4 Å². The van der Waals surface area contributed by atoms with Crippen LogP contribution in [-0.4, -0.2) is 27.0 Å². The zero-order valence-electron chi connectivity index (χ0n) is 13.3. The molecule has 24 heavy (non-hydrogen) atoms. The van der Waals surface area contributed by atoms with Gasteiger partial charge < -0.3 is 19.6 Å². The van der Waals surface area contributed by atoms with Gasteiger partial charge >= 0.3 is 7.32 Å². The molecular weight excluding hydrogens is 301 g/mol. The van der Waals surface area contributed by atoms with E-state index in [0.717, 1.165) is 0 Å². The van der Waals surface area contributed by atoms with Crippen LogP contribution in [0.4, 0.5) is 0 Å². The predicted octanol–water partition coefficient (Wildman–Crippen LogP) is 3.04. The number of rotatable bonds is 1. The lowest BCUT2D eigenvalue weighted by Gasteiger charge is -2.07. The largest absolute Gasteiger partial charge is 0.631 e. The molecule has 4 rings (SSSR count). The predicted molar refractivity (Wildman–Crippen MR) is 97.9 cm³/mol. The van der Waals surface area contributed by atoms with Crippen LogP contribution in [0.3, 0.4) is 0 Å². The third kappa shape index (κ3) is 3.19. The second kappa shape index (κ2) is 6.89. The van der Waals surface area contributed by atoms with Crippen LogP contribution in [0.2, 0.25) is 0 Å². The lowest BCUT2D eigenvalue weighted by Crippen LogP contribution is -2.07. The normalized spacial score (nSPS) is 10.5. The Bertz CT molecular complexity index is 962. The third-order valence-corrected chi connectivity index (χ3v) is 3.84. The summed E-state index contributed by atoms with van der Waals surface area (Å²) in [7, 11) is -2.17. The van der Waals surface area contributed by atoms with Gasteiger partial charge in [-0.1, -0.05) is 48.5 Å². The van der Waals surface area contributed by atoms with E-state index in [-0.39, 0.29) is 0 Å². The van der Waals surface area contributed by atoms with Crippen LogP contribution < -0.4 is 0 Å². The number of aryl methyl sites for hydroxylation is 1. The van der Waals surface area contributed by atoms with E-state index in [2.05, 4.69) is 84.3 Å². The molecule has 0 unspecified atom stereocenters. The zero-order valence-corrected chi connectivity index (χ0v) is 13.3. The first kappa shape index (κ1) is 16.3. The van der Waals surface area contributed by atoms with Gasteiger partial charge in [-0.3, -0.25) is 0 Å². The summed E-state index contributed by atoms with van der Waals surface area (Å²) in [6, 6.07) is 25.8. The molecule has 0 saturated heterocycles. The van der Waals surface area contributed by atoms with Crippen molar-refractivity contribution in [2.45, 2.75) is 6.92 Å². The molecule has 0 bridgehead atoms. The van der Waals surface area contributed by atoms with Crippen LogP contribution in [0, 0.1) is 6.92 Å². The molecule has 0 aliphatic rings. The molecule has 1 heterocycles. The first-order valence-electron chi connectivity index (χ1n) is 7.67. The minimum absolute atomic E-state index is 1.21. The summed E-state index contributed by atoms with van der Waals surface area (Å²) in [4.78, 5) is 0. The van der Waals surface area contributed by atoms with Crippen molar-refractivity contribution in [1.29, 1.82) is 0 Å². The van der Waals surface area contributed by atoms with Crippen molar-refractivity contribution >= 4 is 29.1 Å². The Kier molecular flexibility index (Phi) is 4.67. The highest BCUT2D eigenvalue weighted by atomic mass is 16.5. The summed E-state index contributed by atoms with van der Waals surface area (Å²) in [6.45, 7) is 2.15. The lowest BCUT2D eigenvalue weighted by atomic mass is 10.1. The average molecular weight is 319 g/mol. The SMILES string of the molecule is Cc1ccc2c3ccccc3n(-c3ccccc3)c2c1.OB(O)O. The van der Waals surface area contributed by atoms with Gasteiger partial charge in [0, 0.05) is 16.5 Å². The van der Waals surface area contributed by atoms with Crippen LogP contribution in [0.25, 0.3) is 27.5 Å². The average Bonchev–Trinajstić information content (AvgIpc) is 2.88. The number of hydrogen-bond donors (Lipinski definition) is 3. The van der Waals surface area contributed by atoms with Crippen molar-refractivity contribution in [3.63, 3.8) is 0 Å². The minimum Gasteiger partial charge on any atom is -0.402 e. The molecule has 3 N–H and O–H groups in total. The Balaban J connectivity index is 0.000000383. The standard InChI is InChI=1S/C19H15N.BH3O3/c1-14-11-12-17-16-9-5-6-10-18(16)20(19(17)13-14)15-7-3-2-4-8-15;2-1(3)4/h2-13H,1H3;2-4H. The van der Waals surface area contributed by atoms with E-state index in [1.165, 1.54) is 33.1 Å². The molecule has 5 heteroatoms. The Morgan fingerprint density at radius 2 is 1.29 bits per heavy atom. The smallest absolute Gasteiger partial charge is 0.402 e. The van der Waals surface area contributed by atoms with Crippen LogP contribution in [-0.2, 0) is 0 Å². The van der Waals surface area contributed by atoms with Gasteiger partial charge in [-0.15, -0.1) is 0 Å². The van der Waals surface area contributed by atoms with Crippen molar-refractivity contribution in [1.82, 2.24) is 4.57 Å². The van der Waals surface area contributed by atoms with Gasteiger partial charge in [0.1, 0.15) is 0 Å². The summed E-state index contributed by atoms with van der Waals surface area (Å²) >= 11 is 0. The summed E-state index contributed by atoms with van der Waals surface area (Å²) in [6.07, 6.45) is 0. The van der Waals surface area contributed by atoms with Crippen molar-refractivity contribution in [3.8, 4) is 5.69 Å². The summed E-state index contributed by atoms with van der Waals surface area (Å²) in [5.74, 6) is 0. The molecule has 0 atom stereocenters. The van der Waals surface area contributed by atoms with E-state index in [9.17, 15) is 0 Å². The minimum atomic E-state index is -2.17. The summed E-state index contributed by atoms with van der Waals surface area (Å²) in [5, 5.41) is 24.1. The summed E-state index contributed by atoms with van der Waals surface area (Å²) < 4.78 is 2.34. The molecule has 0 radical (unpaired) electrons.